The van der Waals surface area contributed by atoms with E-state index in [1.807, 2.05) is 54.0 Å². The van der Waals surface area contributed by atoms with Crippen LogP contribution in [0.3, 0.4) is 0 Å². The minimum Gasteiger partial charge on any atom is -0.345 e. The Bertz CT molecular complexity index is 925. The summed E-state index contributed by atoms with van der Waals surface area (Å²) in [4.78, 5) is 12.4. The minimum absolute atomic E-state index is 0.140. The van der Waals surface area contributed by atoms with Gasteiger partial charge < -0.3 is 5.32 Å². The molecule has 0 aliphatic rings. The van der Waals surface area contributed by atoms with Gasteiger partial charge in [-0.1, -0.05) is 54.0 Å². The van der Waals surface area contributed by atoms with Crippen molar-refractivity contribution in [3.8, 4) is 5.69 Å². The van der Waals surface area contributed by atoms with E-state index in [4.69, 9.17) is 11.6 Å². The van der Waals surface area contributed by atoms with Crippen LogP contribution in [0.1, 0.15) is 28.7 Å². The Morgan fingerprint density at radius 2 is 2.00 bits per heavy atom. The molecule has 0 bridgehead atoms. The monoisotopic (exact) mass is 386 g/mol. The molecule has 3 aromatic rings. The highest BCUT2D eigenvalue weighted by atomic mass is 35.5. The van der Waals surface area contributed by atoms with Gasteiger partial charge in [-0.05, 0) is 43.0 Å². The molecule has 0 unspecified atom stereocenters. The highest BCUT2D eigenvalue weighted by Gasteiger charge is 2.15. The molecule has 1 N–H and O–H groups in total. The second-order valence-corrected chi connectivity index (χ2v) is 7.37. The number of hydrogen-bond acceptors (Lipinski definition) is 4. The lowest BCUT2D eigenvalue weighted by atomic mass is 10.1. The van der Waals surface area contributed by atoms with E-state index in [-0.39, 0.29) is 12.5 Å². The average Bonchev–Trinajstić information content (AvgIpc) is 3.02. The number of aromatic nitrogens is 3. The number of amides is 1. The summed E-state index contributed by atoms with van der Waals surface area (Å²) in [6, 6.07) is 15.0. The average molecular weight is 387 g/mol. The van der Waals surface area contributed by atoms with Gasteiger partial charge in [0, 0.05) is 10.6 Å². The van der Waals surface area contributed by atoms with E-state index in [1.165, 1.54) is 0 Å². The van der Waals surface area contributed by atoms with Crippen molar-refractivity contribution in [3.05, 3.63) is 70.5 Å². The molecule has 26 heavy (non-hydrogen) atoms. The van der Waals surface area contributed by atoms with Crippen LogP contribution in [-0.2, 0) is 6.54 Å². The fourth-order valence-electron chi connectivity index (χ4n) is 2.56. The Kier molecular flexibility index (Phi) is 5.96. The van der Waals surface area contributed by atoms with E-state index in [0.29, 0.717) is 16.4 Å². The maximum absolute atomic E-state index is 12.4. The van der Waals surface area contributed by atoms with Crippen LogP contribution >= 0.6 is 23.4 Å². The van der Waals surface area contributed by atoms with E-state index < -0.39 is 0 Å². The quantitative estimate of drug-likeness (QED) is 0.642. The van der Waals surface area contributed by atoms with Crippen molar-refractivity contribution in [2.45, 2.75) is 25.5 Å². The summed E-state index contributed by atoms with van der Waals surface area (Å²) >= 11 is 7.72. The molecule has 0 fully saturated rings. The Morgan fingerprint density at radius 3 is 2.73 bits per heavy atom. The van der Waals surface area contributed by atoms with Gasteiger partial charge in [-0.15, -0.1) is 10.2 Å². The largest absolute Gasteiger partial charge is 0.345 e. The Labute approximate surface area is 161 Å². The van der Waals surface area contributed by atoms with Gasteiger partial charge in [0.2, 0.25) is 0 Å². The van der Waals surface area contributed by atoms with Gasteiger partial charge in [-0.2, -0.15) is 0 Å². The molecule has 2 aromatic carbocycles. The number of carbonyl (C=O) groups is 1. The Balaban J connectivity index is 1.85. The lowest BCUT2D eigenvalue weighted by molar-refractivity contribution is 0.0949. The third-order valence-corrected chi connectivity index (χ3v) is 4.77. The zero-order valence-corrected chi connectivity index (χ0v) is 16.1. The number of halogens is 1. The lowest BCUT2D eigenvalue weighted by Gasteiger charge is -2.11. The van der Waals surface area contributed by atoms with E-state index in [1.54, 1.807) is 17.8 Å². The summed E-state index contributed by atoms with van der Waals surface area (Å²) in [6.45, 7) is 4.29. The zero-order valence-electron chi connectivity index (χ0n) is 14.6. The summed E-state index contributed by atoms with van der Waals surface area (Å²) in [5, 5.41) is 12.8. The molecule has 0 spiro atoms. The topological polar surface area (TPSA) is 59.8 Å². The first-order valence-corrected chi connectivity index (χ1v) is 9.62. The molecule has 0 saturated heterocycles. The molecule has 5 nitrogen and oxygen atoms in total. The zero-order chi connectivity index (χ0) is 18.5. The first-order chi connectivity index (χ1) is 12.6. The number of aryl methyl sites for hydroxylation is 1. The first-order valence-electron chi connectivity index (χ1n) is 8.26. The molecule has 1 heterocycles. The van der Waals surface area contributed by atoms with Gasteiger partial charge in [0.05, 0.1) is 12.2 Å². The van der Waals surface area contributed by atoms with E-state index in [9.17, 15) is 4.79 Å². The van der Waals surface area contributed by atoms with Crippen LogP contribution in [-0.4, -0.2) is 26.4 Å². The molecule has 1 amide bonds. The van der Waals surface area contributed by atoms with Gasteiger partial charge in [-0.3, -0.25) is 9.36 Å². The molecular formula is C19H19ClN4OS. The van der Waals surface area contributed by atoms with Crippen LogP contribution in [0.25, 0.3) is 5.69 Å². The van der Waals surface area contributed by atoms with Crippen molar-refractivity contribution >= 4 is 29.3 Å². The molecule has 1 aromatic heterocycles. The predicted octanol–water partition coefficient (Wildman–Crippen LogP) is 4.27. The number of nitrogens with one attached hydrogen (secondary N) is 1. The standard InChI is InChI=1S/C19H19ClN4OS/c1-3-26-19-23-22-17(24(19)16-9-5-8-15(20)11-16)12-21-18(25)14-7-4-6-13(2)10-14/h4-11H,3,12H2,1-2H3,(H,21,25). The number of benzene rings is 2. The van der Waals surface area contributed by atoms with Gasteiger partial charge in [-0.25, -0.2) is 0 Å². The maximum Gasteiger partial charge on any atom is 0.251 e. The van der Waals surface area contributed by atoms with E-state index >= 15 is 0 Å². The normalized spacial score (nSPS) is 10.7. The van der Waals surface area contributed by atoms with Gasteiger partial charge in [0.15, 0.2) is 11.0 Å². The molecule has 0 aliphatic carbocycles. The lowest BCUT2D eigenvalue weighted by Crippen LogP contribution is -2.24. The molecule has 0 saturated carbocycles. The van der Waals surface area contributed by atoms with Crippen LogP contribution in [0.4, 0.5) is 0 Å². The number of rotatable bonds is 6. The van der Waals surface area contributed by atoms with Crippen LogP contribution < -0.4 is 5.32 Å². The molecule has 3 rings (SSSR count). The van der Waals surface area contributed by atoms with Crippen LogP contribution in [0.5, 0.6) is 0 Å². The van der Waals surface area contributed by atoms with Crippen molar-refractivity contribution in [2.75, 3.05) is 5.75 Å². The fourth-order valence-corrected chi connectivity index (χ4v) is 3.44. The second-order valence-electron chi connectivity index (χ2n) is 5.70. The Morgan fingerprint density at radius 1 is 1.19 bits per heavy atom. The highest BCUT2D eigenvalue weighted by Crippen LogP contribution is 2.23. The Hall–Kier alpha value is -2.31. The SMILES string of the molecule is CCSc1nnc(CNC(=O)c2cccc(C)c2)n1-c1cccc(Cl)c1. The molecule has 7 heteroatoms. The second kappa shape index (κ2) is 8.38. The van der Waals surface area contributed by atoms with Crippen molar-refractivity contribution in [3.63, 3.8) is 0 Å². The summed E-state index contributed by atoms with van der Waals surface area (Å²) in [5.41, 5.74) is 2.54. The third-order valence-electron chi connectivity index (χ3n) is 3.73. The maximum atomic E-state index is 12.4. The smallest absolute Gasteiger partial charge is 0.251 e. The molecule has 0 aliphatic heterocycles. The molecular weight excluding hydrogens is 368 g/mol. The summed E-state index contributed by atoms with van der Waals surface area (Å²) in [5.74, 6) is 1.39. The fraction of sp³-hybridized carbons (Fsp3) is 0.211. The van der Waals surface area contributed by atoms with Crippen molar-refractivity contribution in [1.82, 2.24) is 20.1 Å². The van der Waals surface area contributed by atoms with Crippen molar-refractivity contribution in [2.24, 2.45) is 0 Å². The number of thioether (sulfide) groups is 1. The molecule has 134 valence electrons. The summed E-state index contributed by atoms with van der Waals surface area (Å²) < 4.78 is 1.93. The van der Waals surface area contributed by atoms with Crippen LogP contribution in [0.15, 0.2) is 53.7 Å². The summed E-state index contributed by atoms with van der Waals surface area (Å²) in [7, 11) is 0. The highest BCUT2D eigenvalue weighted by molar-refractivity contribution is 7.99. The molecule has 0 atom stereocenters. The predicted molar refractivity (Wildman–Crippen MR) is 105 cm³/mol. The van der Waals surface area contributed by atoms with Gasteiger partial charge in [0.25, 0.3) is 5.91 Å². The van der Waals surface area contributed by atoms with E-state index in [2.05, 4.69) is 22.4 Å². The third kappa shape index (κ3) is 4.26. The number of carbonyl (C=O) groups excluding carboxylic acids is 1. The van der Waals surface area contributed by atoms with E-state index in [0.717, 1.165) is 22.2 Å². The number of hydrogen-bond donors (Lipinski definition) is 1. The first kappa shape index (κ1) is 18.5. The minimum atomic E-state index is -0.140. The van der Waals surface area contributed by atoms with Crippen LogP contribution in [0, 0.1) is 6.92 Å². The summed E-state index contributed by atoms with van der Waals surface area (Å²) in [6.07, 6.45) is 0. The van der Waals surface area contributed by atoms with Crippen LogP contribution in [0.2, 0.25) is 5.02 Å². The number of nitrogens with zero attached hydrogens (tertiary/aromatic N) is 3. The van der Waals surface area contributed by atoms with Gasteiger partial charge in [0.1, 0.15) is 0 Å². The molecule has 0 radical (unpaired) electrons. The van der Waals surface area contributed by atoms with Gasteiger partial charge >= 0.3 is 0 Å². The van der Waals surface area contributed by atoms with Crippen molar-refractivity contribution < 1.29 is 4.79 Å². The van der Waals surface area contributed by atoms with Crippen molar-refractivity contribution in [1.29, 1.82) is 0 Å².